The second-order valence-corrected chi connectivity index (χ2v) is 10.1. The molecule has 170 valence electrons. The molecule has 2 aromatic carbocycles. The van der Waals surface area contributed by atoms with Crippen LogP contribution in [0.15, 0.2) is 53.4 Å². The Morgan fingerprint density at radius 1 is 1.09 bits per heavy atom. The number of fused-ring (bicyclic) bond motifs is 1. The molecule has 0 saturated carbocycles. The first kappa shape index (κ1) is 22.9. The molecule has 0 amide bonds. The molecule has 0 radical (unpaired) electrons. The van der Waals surface area contributed by atoms with Gasteiger partial charge in [-0.2, -0.15) is 8.42 Å². The van der Waals surface area contributed by atoms with Gasteiger partial charge >= 0.3 is 0 Å². The van der Waals surface area contributed by atoms with Crippen LogP contribution in [0.25, 0.3) is 0 Å². The average molecular weight is 459 g/mol. The number of benzene rings is 2. The van der Waals surface area contributed by atoms with Crippen molar-refractivity contribution in [2.75, 3.05) is 0 Å². The van der Waals surface area contributed by atoms with Gasteiger partial charge in [-0.3, -0.25) is 4.55 Å². The highest BCUT2D eigenvalue weighted by Gasteiger charge is 2.62. The van der Waals surface area contributed by atoms with E-state index in [4.69, 9.17) is 18.8 Å². The monoisotopic (exact) mass is 458 g/mol. The van der Waals surface area contributed by atoms with E-state index in [0.29, 0.717) is 12.8 Å². The quantitative estimate of drug-likeness (QED) is 0.537. The number of aryl methyl sites for hydroxylation is 2. The van der Waals surface area contributed by atoms with Crippen LogP contribution in [0.5, 0.6) is 0 Å². The first-order valence-electron chi connectivity index (χ1n) is 10.4. The van der Waals surface area contributed by atoms with Gasteiger partial charge in [0.25, 0.3) is 10.1 Å². The summed E-state index contributed by atoms with van der Waals surface area (Å²) in [6, 6.07) is 13.6. The zero-order chi connectivity index (χ0) is 23.1. The van der Waals surface area contributed by atoms with Gasteiger partial charge < -0.3 is 19.3 Å². The van der Waals surface area contributed by atoms with Gasteiger partial charge in [-0.15, -0.1) is 0 Å². The zero-order valence-electron chi connectivity index (χ0n) is 18.1. The third-order valence-corrected chi connectivity index (χ3v) is 6.49. The minimum absolute atomic E-state index is 0.169. The van der Waals surface area contributed by atoms with Crippen molar-refractivity contribution in [2.45, 2.75) is 68.4 Å². The lowest BCUT2D eigenvalue weighted by Gasteiger charge is -2.29. The highest BCUT2D eigenvalue weighted by atomic mass is 32.2. The minimum Gasteiger partial charge on any atom is -0.372 e. The normalized spacial score (nSPS) is 28.7. The predicted octanol–water partition coefficient (Wildman–Crippen LogP) is 2.83. The van der Waals surface area contributed by atoms with Crippen LogP contribution in [-0.4, -0.2) is 48.0 Å². The molecule has 2 fully saturated rings. The van der Waals surface area contributed by atoms with E-state index in [9.17, 15) is 13.5 Å². The van der Waals surface area contributed by atoms with Crippen molar-refractivity contribution in [1.82, 2.24) is 0 Å². The van der Waals surface area contributed by atoms with Crippen LogP contribution in [0, 0.1) is 18.8 Å². The Hall–Kier alpha value is -2.25. The molecule has 2 aliphatic heterocycles. The van der Waals surface area contributed by atoms with Crippen molar-refractivity contribution in [3.05, 3.63) is 65.2 Å². The number of ether oxygens (including phenoxy) is 3. The van der Waals surface area contributed by atoms with Crippen LogP contribution in [0.4, 0.5) is 0 Å². The van der Waals surface area contributed by atoms with Crippen molar-refractivity contribution in [3.63, 3.8) is 0 Å². The summed E-state index contributed by atoms with van der Waals surface area (Å²) in [7, 11) is -4.24. The molecule has 7 nitrogen and oxygen atoms in total. The third-order valence-electron chi connectivity index (χ3n) is 5.62. The lowest BCUT2D eigenvalue weighted by Crippen LogP contribution is -2.48. The number of rotatable bonds is 4. The molecule has 32 heavy (non-hydrogen) atoms. The number of hydrogen-bond acceptors (Lipinski definition) is 6. The first-order chi connectivity index (χ1) is 15.0. The van der Waals surface area contributed by atoms with E-state index in [1.807, 2.05) is 31.2 Å². The van der Waals surface area contributed by atoms with Gasteiger partial charge in [0.05, 0.1) is 4.90 Å². The van der Waals surface area contributed by atoms with Crippen LogP contribution in [-0.2, 0) is 30.7 Å². The molecule has 2 aromatic rings. The van der Waals surface area contributed by atoms with Gasteiger partial charge in [-0.25, -0.2) is 0 Å². The molecular weight excluding hydrogens is 432 g/mol. The largest absolute Gasteiger partial charge is 0.372 e. The zero-order valence-corrected chi connectivity index (χ0v) is 18.9. The second kappa shape index (κ2) is 8.27. The summed E-state index contributed by atoms with van der Waals surface area (Å²) in [4.78, 5) is -0.169. The summed E-state index contributed by atoms with van der Waals surface area (Å²) in [5.41, 5.74) is 1.08. The lowest BCUT2D eigenvalue weighted by molar-refractivity contribution is -0.222. The summed E-state index contributed by atoms with van der Waals surface area (Å²) in [6.07, 6.45) is -1.28. The maximum atomic E-state index is 11.6. The molecule has 0 aromatic heterocycles. The molecule has 2 saturated heterocycles. The minimum atomic E-state index is -4.24. The van der Waals surface area contributed by atoms with Crippen LogP contribution in [0.1, 0.15) is 37.0 Å². The van der Waals surface area contributed by atoms with Crippen LogP contribution < -0.4 is 0 Å². The summed E-state index contributed by atoms with van der Waals surface area (Å²) in [5.74, 6) is 5.14. The van der Waals surface area contributed by atoms with Gasteiger partial charge in [0.1, 0.15) is 6.10 Å². The molecule has 0 bridgehead atoms. The number of aliphatic hydroxyl groups is 1. The van der Waals surface area contributed by atoms with Crippen molar-refractivity contribution in [1.29, 1.82) is 0 Å². The Morgan fingerprint density at radius 3 is 2.47 bits per heavy atom. The first-order valence-corrected chi connectivity index (χ1v) is 11.8. The fourth-order valence-corrected chi connectivity index (χ4v) is 4.52. The predicted molar refractivity (Wildman–Crippen MR) is 116 cm³/mol. The molecule has 0 spiro atoms. The topological polar surface area (TPSA) is 102 Å². The van der Waals surface area contributed by atoms with E-state index in [2.05, 4.69) is 11.8 Å². The molecule has 8 heteroatoms. The Bertz CT molecular complexity index is 1160. The fourth-order valence-electron chi connectivity index (χ4n) is 4.04. The maximum absolute atomic E-state index is 11.6. The standard InChI is InChI=1S/C24H26O7S/c1-16-5-4-6-18(15-16)13-14-24(25)20(29-22-21(24)30-23(2,3)31-22)12-9-17-7-10-19(11-8-17)32(26,27)28/h4-8,10-11,15,20-22,25H,9,12H2,1-3H3,(H,26,27,28)/t20?,21-,22+,24+/m0/s1. The fraction of sp³-hybridized carbons (Fsp3) is 0.417. The molecule has 2 aliphatic rings. The Morgan fingerprint density at radius 2 is 1.81 bits per heavy atom. The van der Waals surface area contributed by atoms with E-state index in [-0.39, 0.29) is 4.90 Å². The van der Waals surface area contributed by atoms with Crippen molar-refractivity contribution < 1.29 is 32.3 Å². The maximum Gasteiger partial charge on any atom is 0.294 e. The molecule has 2 heterocycles. The van der Waals surface area contributed by atoms with Crippen LogP contribution >= 0.6 is 0 Å². The second-order valence-electron chi connectivity index (χ2n) is 8.65. The highest BCUT2D eigenvalue weighted by molar-refractivity contribution is 7.85. The van der Waals surface area contributed by atoms with Gasteiger partial charge in [0.15, 0.2) is 23.8 Å². The lowest BCUT2D eigenvalue weighted by atomic mass is 9.89. The molecule has 4 rings (SSSR count). The van der Waals surface area contributed by atoms with Crippen LogP contribution in [0.2, 0.25) is 0 Å². The summed E-state index contributed by atoms with van der Waals surface area (Å²) in [6.45, 7) is 5.49. The molecule has 4 atom stereocenters. The Balaban J connectivity index is 1.56. The summed E-state index contributed by atoms with van der Waals surface area (Å²) < 4.78 is 49.4. The van der Waals surface area contributed by atoms with Gasteiger partial charge in [0.2, 0.25) is 0 Å². The van der Waals surface area contributed by atoms with Crippen molar-refractivity contribution >= 4 is 10.1 Å². The Kier molecular flexibility index (Phi) is 5.92. The van der Waals surface area contributed by atoms with Crippen molar-refractivity contribution in [2.24, 2.45) is 0 Å². The highest BCUT2D eigenvalue weighted by Crippen LogP contribution is 2.44. The van der Waals surface area contributed by atoms with E-state index in [0.717, 1.165) is 16.7 Å². The van der Waals surface area contributed by atoms with Gasteiger partial charge in [-0.05, 0) is 69.0 Å². The van der Waals surface area contributed by atoms with Gasteiger partial charge in [0, 0.05) is 5.56 Å². The smallest absolute Gasteiger partial charge is 0.294 e. The Labute approximate surface area is 188 Å². The van der Waals surface area contributed by atoms with Gasteiger partial charge in [-0.1, -0.05) is 36.1 Å². The van der Waals surface area contributed by atoms with E-state index >= 15 is 0 Å². The molecule has 1 unspecified atom stereocenters. The van der Waals surface area contributed by atoms with Crippen LogP contribution in [0.3, 0.4) is 0 Å². The summed E-state index contributed by atoms with van der Waals surface area (Å²) in [5, 5.41) is 11.6. The van der Waals surface area contributed by atoms with E-state index in [1.165, 1.54) is 12.1 Å². The number of hydrogen-bond donors (Lipinski definition) is 2. The molecule has 2 N–H and O–H groups in total. The molecule has 0 aliphatic carbocycles. The molecular formula is C24H26O7S. The average Bonchev–Trinajstić information content (AvgIpc) is 3.15. The SMILES string of the molecule is Cc1cccc(C#C[C@@]2(O)C(CCc3ccc(S(=O)(=O)O)cc3)O[C@@H]3OC(C)(C)O[C@@H]32)c1. The van der Waals surface area contributed by atoms with Crippen molar-refractivity contribution in [3.8, 4) is 11.8 Å². The van der Waals surface area contributed by atoms with E-state index < -0.39 is 40.0 Å². The third kappa shape index (κ3) is 4.74. The summed E-state index contributed by atoms with van der Waals surface area (Å²) >= 11 is 0. The van der Waals surface area contributed by atoms with E-state index in [1.54, 1.807) is 26.0 Å².